The number of aliphatic imine (C=N–C) groups is 2. The molecule has 0 aliphatic rings. The van der Waals surface area contributed by atoms with E-state index < -0.39 is 170 Å². The third-order valence-corrected chi connectivity index (χ3v) is 12.0. The van der Waals surface area contributed by atoms with Crippen molar-refractivity contribution in [2.45, 2.75) is 165 Å². The molecule has 0 fully saturated rings. The van der Waals surface area contributed by atoms with E-state index in [4.69, 9.17) is 51.6 Å². The fourth-order valence-corrected chi connectivity index (χ4v) is 7.38. The second kappa shape index (κ2) is 40.2. The minimum Gasteiger partial charge on any atom is -0.480 e. The van der Waals surface area contributed by atoms with Crippen LogP contribution >= 0.6 is 0 Å². The van der Waals surface area contributed by atoms with Crippen LogP contribution in [-0.4, -0.2) is 198 Å². The number of aliphatic hydroxyl groups is 2. The lowest BCUT2D eigenvalue weighted by atomic mass is 10.0. The molecular formula is C47H88N20O15. The number of guanidine groups is 2. The van der Waals surface area contributed by atoms with Gasteiger partial charge in [-0.25, -0.2) is 4.79 Å². The molecule has 0 bridgehead atoms. The number of nitrogens with zero attached hydrogens (tertiary/aromatic N) is 2. The van der Waals surface area contributed by atoms with E-state index in [1.165, 1.54) is 13.8 Å². The van der Waals surface area contributed by atoms with Gasteiger partial charge in [0, 0.05) is 19.5 Å². The molecule has 35 nitrogen and oxygen atoms in total. The monoisotopic (exact) mass is 1170 g/mol. The Hall–Kier alpha value is -8.02. The fourth-order valence-electron chi connectivity index (χ4n) is 7.38. The van der Waals surface area contributed by atoms with E-state index in [1.807, 2.05) is 0 Å². The number of hydrogen-bond donors (Lipinski definition) is 21. The van der Waals surface area contributed by atoms with Crippen molar-refractivity contribution in [2.24, 2.45) is 67.5 Å². The number of rotatable bonds is 43. The molecular weight excluding hydrogens is 1080 g/mol. The van der Waals surface area contributed by atoms with Crippen molar-refractivity contribution in [2.75, 3.05) is 39.4 Å². The molecule has 30 N–H and O–H groups in total. The van der Waals surface area contributed by atoms with Gasteiger partial charge in [-0.1, -0.05) is 20.3 Å². The van der Waals surface area contributed by atoms with Gasteiger partial charge in [0.05, 0.1) is 25.7 Å². The van der Waals surface area contributed by atoms with E-state index >= 15 is 0 Å². The largest absolute Gasteiger partial charge is 0.480 e. The van der Waals surface area contributed by atoms with E-state index in [2.05, 4.69) is 57.8 Å². The molecule has 466 valence electrons. The highest BCUT2D eigenvalue weighted by Crippen LogP contribution is 2.10. The second-order valence-electron chi connectivity index (χ2n) is 19.3. The maximum Gasteiger partial charge on any atom is 0.326 e. The quantitative estimate of drug-likeness (QED) is 0.0153. The molecule has 0 aromatic rings. The highest BCUT2D eigenvalue weighted by atomic mass is 16.4. The topological polar surface area (TPSA) is 633 Å². The number of carbonyl (C=O) groups is 12. The number of nitrogens with two attached hydrogens (primary N) is 9. The Morgan fingerprint density at radius 2 is 0.793 bits per heavy atom. The Morgan fingerprint density at radius 1 is 0.415 bits per heavy atom. The van der Waals surface area contributed by atoms with Gasteiger partial charge in [-0.2, -0.15) is 0 Å². The molecule has 0 radical (unpaired) electrons. The molecule has 0 rings (SSSR count). The first-order valence-corrected chi connectivity index (χ1v) is 26.5. The summed E-state index contributed by atoms with van der Waals surface area (Å²) in [6.45, 7) is 2.64. The summed E-state index contributed by atoms with van der Waals surface area (Å²) >= 11 is 0. The molecule has 0 aliphatic heterocycles. The molecule has 35 heteroatoms. The lowest BCUT2D eigenvalue weighted by Crippen LogP contribution is -2.61. The molecule has 0 aromatic heterocycles. The van der Waals surface area contributed by atoms with Gasteiger partial charge in [0.2, 0.25) is 65.0 Å². The lowest BCUT2D eigenvalue weighted by Gasteiger charge is -2.28. The highest BCUT2D eigenvalue weighted by molar-refractivity contribution is 5.99. The lowest BCUT2D eigenvalue weighted by molar-refractivity contribution is -0.142. The van der Waals surface area contributed by atoms with Crippen molar-refractivity contribution in [1.29, 1.82) is 0 Å². The van der Waals surface area contributed by atoms with Crippen LogP contribution in [0.15, 0.2) is 9.98 Å². The van der Waals surface area contributed by atoms with Crippen molar-refractivity contribution in [3.8, 4) is 0 Å². The first kappa shape index (κ1) is 74.0. The minimum atomic E-state index is -1.78. The highest BCUT2D eigenvalue weighted by Gasteiger charge is 2.36. The average Bonchev–Trinajstić information content (AvgIpc) is 3.40. The van der Waals surface area contributed by atoms with E-state index in [1.54, 1.807) is 0 Å². The summed E-state index contributed by atoms with van der Waals surface area (Å²) in [7, 11) is 0. The van der Waals surface area contributed by atoms with Crippen LogP contribution in [0, 0.1) is 5.92 Å². The maximum atomic E-state index is 14.1. The standard InChI is InChI=1S/C47H88N20O15/c1-23(2)35(67-43(79)32(22-69)66-41(77)30(20-34(52)71)64-37(73)25(50)10-4-6-16-48)44(80)62-27(12-8-18-57-46(53)54)39(75)61-28(14-15-33(51)70)38(74)59-24(3)36(72)65-31(21-68)42(78)60-26(11-5-7-17-49)40(76)63-29(45(81)82)13-9-19-58-47(55)56/h23-32,35,68-69H,4-22,48-50H2,1-3H3,(H2,51,70)(H2,52,71)(H,59,74)(H,60,78)(H,61,75)(H,62,80)(H,63,76)(H,64,73)(H,65,72)(H,66,77)(H,67,79)(H,81,82)(H4,53,54,57)(H4,55,56,58)/t24-,25-,26-,27-,28-,29-,30-,31-,32-,35-/m0/s1. The number of primary amides is 2. The van der Waals surface area contributed by atoms with Gasteiger partial charge in [0.1, 0.15) is 54.4 Å². The van der Waals surface area contributed by atoms with Gasteiger partial charge in [-0.15, -0.1) is 0 Å². The number of nitrogens with one attached hydrogen (secondary N) is 9. The number of aliphatic hydroxyl groups excluding tert-OH is 2. The predicted molar refractivity (Wildman–Crippen MR) is 296 cm³/mol. The van der Waals surface area contributed by atoms with Crippen LogP contribution in [-0.2, 0) is 57.5 Å². The summed E-state index contributed by atoms with van der Waals surface area (Å²) in [5, 5.41) is 51.2. The Bertz CT molecular complexity index is 2200. The zero-order valence-electron chi connectivity index (χ0n) is 46.6. The van der Waals surface area contributed by atoms with Crippen LogP contribution in [0.2, 0.25) is 0 Å². The van der Waals surface area contributed by atoms with Crippen molar-refractivity contribution < 1.29 is 72.9 Å². The Kier molecular flexibility index (Phi) is 36.3. The minimum absolute atomic E-state index is 0.0218. The zero-order valence-corrected chi connectivity index (χ0v) is 46.6. The van der Waals surface area contributed by atoms with Crippen LogP contribution in [0.5, 0.6) is 0 Å². The molecule has 11 amide bonds. The fraction of sp³-hybridized carbons (Fsp3) is 0.702. The van der Waals surface area contributed by atoms with Crippen molar-refractivity contribution in [3.63, 3.8) is 0 Å². The normalized spacial score (nSPS) is 14.6. The van der Waals surface area contributed by atoms with Crippen molar-refractivity contribution >= 4 is 82.9 Å². The van der Waals surface area contributed by atoms with Crippen LogP contribution in [0.25, 0.3) is 0 Å². The van der Waals surface area contributed by atoms with Gasteiger partial charge in [-0.3, -0.25) is 62.7 Å². The molecule has 82 heavy (non-hydrogen) atoms. The van der Waals surface area contributed by atoms with E-state index in [0.29, 0.717) is 32.2 Å². The van der Waals surface area contributed by atoms with Gasteiger partial charge in [0.15, 0.2) is 11.9 Å². The van der Waals surface area contributed by atoms with Gasteiger partial charge in [-0.05, 0) is 90.1 Å². The third-order valence-electron chi connectivity index (χ3n) is 12.0. The number of aliphatic carboxylic acids is 1. The van der Waals surface area contributed by atoms with E-state index in [-0.39, 0.29) is 70.1 Å². The van der Waals surface area contributed by atoms with Crippen LogP contribution < -0.4 is 99.5 Å². The third kappa shape index (κ3) is 30.5. The number of amides is 11. The van der Waals surface area contributed by atoms with E-state index in [0.717, 1.165) is 6.92 Å². The maximum absolute atomic E-state index is 14.1. The summed E-state index contributed by atoms with van der Waals surface area (Å²) in [6.07, 6.45) is 0.0765. The SMILES string of the molecule is CC(C)[C@H](NC(=O)[C@H](CO)NC(=O)[C@H](CC(N)=O)NC(=O)[C@@H](N)CCCCN)C(=O)N[C@@H](CCCN=C(N)N)C(=O)N[C@@H](CCC(N)=O)C(=O)N[C@@H](C)C(=O)N[C@@H](CO)C(=O)N[C@@H](CCCCN)C(=O)N[C@@H](CCCN=C(N)N)C(=O)O. The number of unbranched alkanes of at least 4 members (excludes halogenated alkanes) is 2. The Labute approximate surface area is 474 Å². The number of hydrogen-bond acceptors (Lipinski definition) is 19. The second-order valence-corrected chi connectivity index (χ2v) is 19.3. The molecule has 0 aromatic carbocycles. The van der Waals surface area contributed by atoms with Crippen molar-refractivity contribution in [1.82, 2.24) is 47.9 Å². The summed E-state index contributed by atoms with van der Waals surface area (Å²) in [4.78, 5) is 165. The van der Waals surface area contributed by atoms with Crippen molar-refractivity contribution in [3.05, 3.63) is 0 Å². The van der Waals surface area contributed by atoms with Gasteiger partial charge in [0.25, 0.3) is 0 Å². The molecule has 0 unspecified atom stereocenters. The van der Waals surface area contributed by atoms with Crippen LogP contribution in [0.1, 0.15) is 104 Å². The molecule has 0 aliphatic carbocycles. The van der Waals surface area contributed by atoms with Crippen LogP contribution in [0.3, 0.4) is 0 Å². The Balaban J connectivity index is 6.47. The summed E-state index contributed by atoms with van der Waals surface area (Å²) in [5.41, 5.74) is 49.2. The zero-order chi connectivity index (χ0) is 62.6. The molecule has 0 spiro atoms. The predicted octanol–water partition coefficient (Wildman–Crippen LogP) is -10.1. The number of carbonyl (C=O) groups excluding carboxylic acids is 11. The van der Waals surface area contributed by atoms with E-state index in [9.17, 15) is 72.9 Å². The average molecular weight is 1170 g/mol. The summed E-state index contributed by atoms with van der Waals surface area (Å²) in [6, 6.07) is -15.3. The summed E-state index contributed by atoms with van der Waals surface area (Å²) in [5.74, 6) is -13.8. The smallest absolute Gasteiger partial charge is 0.326 e. The first-order chi connectivity index (χ1) is 38.5. The number of carboxylic acids is 1. The number of carboxylic acid groups (broad SMARTS) is 1. The van der Waals surface area contributed by atoms with Crippen LogP contribution in [0.4, 0.5) is 0 Å². The molecule has 0 heterocycles. The van der Waals surface area contributed by atoms with Gasteiger partial charge < -0.3 is 115 Å². The summed E-state index contributed by atoms with van der Waals surface area (Å²) < 4.78 is 0. The molecule has 0 saturated carbocycles. The molecule has 0 saturated heterocycles. The molecule has 10 atom stereocenters. The van der Waals surface area contributed by atoms with Gasteiger partial charge >= 0.3 is 5.97 Å². The Morgan fingerprint density at radius 3 is 1.24 bits per heavy atom. The first-order valence-electron chi connectivity index (χ1n) is 26.5.